The van der Waals surface area contributed by atoms with Gasteiger partial charge in [0.15, 0.2) is 0 Å². The zero-order chi connectivity index (χ0) is 9.80. The van der Waals surface area contributed by atoms with Crippen LogP contribution in [0, 0.1) is 5.92 Å². The van der Waals surface area contributed by atoms with Crippen molar-refractivity contribution in [3.8, 4) is 0 Å². The second-order valence-electron chi connectivity index (χ2n) is 4.43. The minimum atomic E-state index is -0.217. The predicted molar refractivity (Wildman–Crippen MR) is 54.1 cm³/mol. The number of hydrogen-bond acceptors (Lipinski definition) is 2. The Balaban J connectivity index is 1.88. The number of carbonyl (C=O) groups excluding carboxylic acids is 1. The Bertz CT molecular complexity index is 197. The monoisotopic (exact) mass is 197 g/mol. The third-order valence-corrected chi connectivity index (χ3v) is 3.43. The quantitative estimate of drug-likeness (QED) is 0.656. The van der Waals surface area contributed by atoms with Gasteiger partial charge in [-0.05, 0) is 18.8 Å². The van der Waals surface area contributed by atoms with Gasteiger partial charge in [-0.2, -0.15) is 0 Å². The van der Waals surface area contributed by atoms with Crippen molar-refractivity contribution in [2.24, 2.45) is 5.92 Å². The maximum absolute atomic E-state index is 11.1. The van der Waals surface area contributed by atoms with Gasteiger partial charge in [-0.25, -0.2) is 4.79 Å². The number of hydrogen-bond donors (Lipinski definition) is 1. The first kappa shape index (κ1) is 9.81. The van der Waals surface area contributed by atoms with Crippen LogP contribution in [-0.2, 0) is 4.74 Å². The average molecular weight is 197 g/mol. The van der Waals surface area contributed by atoms with Crippen LogP contribution in [0.15, 0.2) is 0 Å². The molecular formula is C11H19NO2. The predicted octanol–water partition coefficient (Wildman–Crippen LogP) is 2.46. The first-order valence-corrected chi connectivity index (χ1v) is 5.79. The number of rotatable bonds is 1. The normalized spacial score (nSPS) is 30.3. The van der Waals surface area contributed by atoms with Gasteiger partial charge in [-0.1, -0.05) is 25.7 Å². The Morgan fingerprint density at radius 3 is 2.43 bits per heavy atom. The fraction of sp³-hybridized carbons (Fsp3) is 0.909. The lowest BCUT2D eigenvalue weighted by atomic mass is 9.90. The van der Waals surface area contributed by atoms with E-state index in [0.29, 0.717) is 18.6 Å². The van der Waals surface area contributed by atoms with Crippen LogP contribution in [0.2, 0.25) is 0 Å². The minimum absolute atomic E-state index is 0.217. The summed E-state index contributed by atoms with van der Waals surface area (Å²) in [5.41, 5.74) is 0. The lowest BCUT2D eigenvalue weighted by Crippen LogP contribution is -2.45. The number of carbonyl (C=O) groups is 1. The molecular weight excluding hydrogens is 178 g/mol. The number of nitrogens with one attached hydrogen (secondary N) is 1. The fourth-order valence-electron chi connectivity index (χ4n) is 2.61. The van der Waals surface area contributed by atoms with E-state index in [1.807, 2.05) is 0 Å². The maximum atomic E-state index is 11.1. The van der Waals surface area contributed by atoms with Crippen molar-refractivity contribution in [2.75, 3.05) is 6.61 Å². The van der Waals surface area contributed by atoms with E-state index in [1.54, 1.807) is 0 Å². The summed E-state index contributed by atoms with van der Waals surface area (Å²) in [6.45, 7) is 0.604. The van der Waals surface area contributed by atoms with Crippen molar-refractivity contribution >= 4 is 6.09 Å². The molecule has 0 aromatic rings. The van der Waals surface area contributed by atoms with Gasteiger partial charge >= 0.3 is 6.09 Å². The van der Waals surface area contributed by atoms with Gasteiger partial charge in [-0.15, -0.1) is 0 Å². The molecule has 1 N–H and O–H groups in total. The second-order valence-corrected chi connectivity index (χ2v) is 4.43. The van der Waals surface area contributed by atoms with E-state index in [0.717, 1.165) is 6.42 Å². The summed E-state index contributed by atoms with van der Waals surface area (Å²) in [5.74, 6) is 0.699. The molecule has 0 aromatic heterocycles. The largest absolute Gasteiger partial charge is 0.449 e. The van der Waals surface area contributed by atoms with Crippen molar-refractivity contribution in [3.63, 3.8) is 0 Å². The summed E-state index contributed by atoms with van der Waals surface area (Å²) in [6.07, 6.45) is 8.74. The standard InChI is InChI=1S/C11H19NO2/c13-11-12-10(7-8-14-11)9-5-3-1-2-4-6-9/h9-10H,1-8H2,(H,12,13). The fourth-order valence-corrected chi connectivity index (χ4v) is 2.61. The van der Waals surface area contributed by atoms with E-state index in [1.165, 1.54) is 38.5 Å². The SMILES string of the molecule is O=C1NC(C2CCCCCC2)CCO1. The van der Waals surface area contributed by atoms with Crippen LogP contribution in [0.4, 0.5) is 4.79 Å². The van der Waals surface area contributed by atoms with E-state index in [9.17, 15) is 4.79 Å². The highest BCUT2D eigenvalue weighted by Crippen LogP contribution is 2.27. The van der Waals surface area contributed by atoms with Gasteiger partial charge in [0.25, 0.3) is 0 Å². The van der Waals surface area contributed by atoms with E-state index in [-0.39, 0.29) is 6.09 Å². The molecule has 1 atom stereocenters. The van der Waals surface area contributed by atoms with E-state index in [2.05, 4.69) is 5.32 Å². The molecule has 3 nitrogen and oxygen atoms in total. The topological polar surface area (TPSA) is 38.3 Å². The Morgan fingerprint density at radius 2 is 1.79 bits per heavy atom. The lowest BCUT2D eigenvalue weighted by molar-refractivity contribution is 0.101. The zero-order valence-electron chi connectivity index (χ0n) is 8.63. The molecule has 2 fully saturated rings. The van der Waals surface area contributed by atoms with Gasteiger partial charge in [-0.3, -0.25) is 0 Å². The van der Waals surface area contributed by atoms with Gasteiger partial charge in [0.05, 0.1) is 6.61 Å². The van der Waals surface area contributed by atoms with Crippen molar-refractivity contribution in [3.05, 3.63) is 0 Å². The highest BCUT2D eigenvalue weighted by molar-refractivity contribution is 5.68. The van der Waals surface area contributed by atoms with E-state index >= 15 is 0 Å². The molecule has 1 saturated heterocycles. The van der Waals surface area contributed by atoms with Gasteiger partial charge in [0.2, 0.25) is 0 Å². The highest BCUT2D eigenvalue weighted by atomic mass is 16.5. The second kappa shape index (κ2) is 4.67. The summed E-state index contributed by atoms with van der Waals surface area (Å²) in [4.78, 5) is 11.1. The first-order chi connectivity index (χ1) is 6.86. The van der Waals surface area contributed by atoms with Crippen LogP contribution in [0.1, 0.15) is 44.9 Å². The summed E-state index contributed by atoms with van der Waals surface area (Å²) in [5, 5.41) is 2.95. The summed E-state index contributed by atoms with van der Waals surface area (Å²) in [6, 6.07) is 0.384. The van der Waals surface area contributed by atoms with Crippen LogP contribution in [0.5, 0.6) is 0 Å². The molecule has 1 aliphatic carbocycles. The molecule has 1 unspecified atom stereocenters. The van der Waals surface area contributed by atoms with Crippen LogP contribution >= 0.6 is 0 Å². The molecule has 2 aliphatic rings. The molecule has 1 saturated carbocycles. The van der Waals surface area contributed by atoms with Crippen molar-refractivity contribution in [1.29, 1.82) is 0 Å². The van der Waals surface area contributed by atoms with Gasteiger partial charge in [0, 0.05) is 12.5 Å². The molecule has 0 aromatic carbocycles. The molecule has 1 amide bonds. The molecule has 3 heteroatoms. The molecule has 2 rings (SSSR count). The van der Waals surface area contributed by atoms with Crippen molar-refractivity contribution < 1.29 is 9.53 Å². The van der Waals surface area contributed by atoms with Gasteiger partial charge < -0.3 is 10.1 Å². The Hall–Kier alpha value is -0.730. The van der Waals surface area contributed by atoms with Crippen LogP contribution in [0.25, 0.3) is 0 Å². The molecule has 1 heterocycles. The third kappa shape index (κ3) is 2.40. The van der Waals surface area contributed by atoms with Crippen LogP contribution < -0.4 is 5.32 Å². The highest BCUT2D eigenvalue weighted by Gasteiger charge is 2.27. The lowest BCUT2D eigenvalue weighted by Gasteiger charge is -2.30. The molecule has 0 radical (unpaired) electrons. The van der Waals surface area contributed by atoms with Gasteiger partial charge in [0.1, 0.15) is 0 Å². The molecule has 1 aliphatic heterocycles. The van der Waals surface area contributed by atoms with Crippen LogP contribution in [-0.4, -0.2) is 18.7 Å². The van der Waals surface area contributed by atoms with Crippen molar-refractivity contribution in [2.45, 2.75) is 51.0 Å². The Morgan fingerprint density at radius 1 is 1.07 bits per heavy atom. The number of alkyl carbamates (subject to hydrolysis) is 1. The maximum Gasteiger partial charge on any atom is 0.407 e. The number of cyclic esters (lactones) is 1. The summed E-state index contributed by atoms with van der Waals surface area (Å²) in [7, 11) is 0. The average Bonchev–Trinajstić information content (AvgIpc) is 2.45. The minimum Gasteiger partial charge on any atom is -0.449 e. The Kier molecular flexibility index (Phi) is 3.27. The third-order valence-electron chi connectivity index (χ3n) is 3.43. The number of ether oxygens (including phenoxy) is 1. The molecule has 0 spiro atoms. The first-order valence-electron chi connectivity index (χ1n) is 5.79. The zero-order valence-corrected chi connectivity index (χ0v) is 8.63. The number of amides is 1. The van der Waals surface area contributed by atoms with E-state index < -0.39 is 0 Å². The molecule has 0 bridgehead atoms. The molecule has 80 valence electrons. The van der Waals surface area contributed by atoms with Crippen molar-refractivity contribution in [1.82, 2.24) is 5.32 Å². The van der Waals surface area contributed by atoms with E-state index in [4.69, 9.17) is 4.74 Å². The smallest absolute Gasteiger partial charge is 0.407 e. The summed E-state index contributed by atoms with van der Waals surface area (Å²) >= 11 is 0. The van der Waals surface area contributed by atoms with Crippen LogP contribution in [0.3, 0.4) is 0 Å². The molecule has 14 heavy (non-hydrogen) atoms. The summed E-state index contributed by atoms with van der Waals surface area (Å²) < 4.78 is 4.88. The Labute approximate surface area is 85.2 Å².